The molecule has 1 aliphatic rings. The van der Waals surface area contributed by atoms with Crippen LogP contribution < -0.4 is 0 Å². The molecule has 1 N–H and O–H groups in total. The van der Waals surface area contributed by atoms with Crippen LogP contribution in [0.4, 0.5) is 0 Å². The first-order valence-corrected chi connectivity index (χ1v) is 9.72. The van der Waals surface area contributed by atoms with Gasteiger partial charge in [-0.15, -0.1) is 0 Å². The molecule has 0 amide bonds. The number of phosphoric ester groups is 1. The fourth-order valence-electron chi connectivity index (χ4n) is 2.35. The van der Waals surface area contributed by atoms with Crippen molar-refractivity contribution in [2.75, 3.05) is 13.2 Å². The molecule has 126 valence electrons. The van der Waals surface area contributed by atoms with Crippen LogP contribution in [0.15, 0.2) is 0 Å². The highest BCUT2D eigenvalue weighted by atomic mass is 31.2. The second-order valence-corrected chi connectivity index (χ2v) is 7.57. The van der Waals surface area contributed by atoms with Crippen molar-refractivity contribution >= 4 is 7.82 Å². The molecule has 6 heteroatoms. The average Bonchev–Trinajstić information content (AvgIpc) is 2.43. The van der Waals surface area contributed by atoms with Crippen LogP contribution in [0.3, 0.4) is 0 Å². The molecule has 1 saturated carbocycles. The van der Waals surface area contributed by atoms with Gasteiger partial charge in [-0.2, -0.15) is 0 Å². The molecule has 1 aliphatic carbocycles. The van der Waals surface area contributed by atoms with E-state index in [-0.39, 0.29) is 0 Å². The Bertz CT molecular complexity index is 309. The fourth-order valence-corrected chi connectivity index (χ4v) is 3.83. The smallest absolute Gasteiger partial charge is 0.390 e. The van der Waals surface area contributed by atoms with E-state index in [0.717, 1.165) is 32.1 Å². The standard InChI is InChI=1S/C15H31O5P/c1-4-6-10-18-21(17,19-11-7-5-2)20-15-9-8-13(3)12-14(15)16/h13-16H,4-12H2,1-3H3. The number of hydrogen-bond donors (Lipinski definition) is 1. The van der Waals surface area contributed by atoms with Gasteiger partial charge in [0, 0.05) is 0 Å². The van der Waals surface area contributed by atoms with E-state index in [1.807, 2.05) is 13.8 Å². The van der Waals surface area contributed by atoms with Gasteiger partial charge in [-0.25, -0.2) is 4.57 Å². The van der Waals surface area contributed by atoms with E-state index in [9.17, 15) is 9.67 Å². The molecule has 0 saturated heterocycles. The second kappa shape index (κ2) is 9.96. The van der Waals surface area contributed by atoms with Crippen molar-refractivity contribution < 1.29 is 23.2 Å². The van der Waals surface area contributed by atoms with Gasteiger partial charge in [0.2, 0.25) is 0 Å². The third kappa shape index (κ3) is 7.25. The van der Waals surface area contributed by atoms with Gasteiger partial charge in [0.15, 0.2) is 0 Å². The summed E-state index contributed by atoms with van der Waals surface area (Å²) in [5.41, 5.74) is 0. The summed E-state index contributed by atoms with van der Waals surface area (Å²) in [6, 6.07) is 0. The molecule has 5 nitrogen and oxygen atoms in total. The minimum atomic E-state index is -3.56. The molecule has 21 heavy (non-hydrogen) atoms. The maximum atomic E-state index is 12.7. The highest BCUT2D eigenvalue weighted by Gasteiger charge is 2.36. The Morgan fingerprint density at radius 1 is 1.10 bits per heavy atom. The summed E-state index contributed by atoms with van der Waals surface area (Å²) >= 11 is 0. The molecule has 0 aromatic heterocycles. The maximum absolute atomic E-state index is 12.7. The number of phosphoric acid groups is 1. The summed E-state index contributed by atoms with van der Waals surface area (Å²) in [5.74, 6) is 0.473. The van der Waals surface area contributed by atoms with Gasteiger partial charge >= 0.3 is 7.82 Å². The van der Waals surface area contributed by atoms with E-state index in [0.29, 0.717) is 32.0 Å². The first kappa shape index (κ1) is 19.1. The molecular formula is C15H31O5P. The van der Waals surface area contributed by atoms with Crippen LogP contribution in [0.25, 0.3) is 0 Å². The van der Waals surface area contributed by atoms with Crippen LogP contribution in [0.5, 0.6) is 0 Å². The van der Waals surface area contributed by atoms with Crippen LogP contribution in [0, 0.1) is 5.92 Å². The third-order valence-corrected chi connectivity index (χ3v) is 5.30. The predicted octanol–water partition coefficient (Wildman–Crippen LogP) is 4.29. The highest BCUT2D eigenvalue weighted by Crippen LogP contribution is 2.52. The summed E-state index contributed by atoms with van der Waals surface area (Å²) in [4.78, 5) is 0. The van der Waals surface area contributed by atoms with Crippen LogP contribution in [0.2, 0.25) is 0 Å². The zero-order valence-corrected chi connectivity index (χ0v) is 14.5. The summed E-state index contributed by atoms with van der Waals surface area (Å²) in [6.07, 6.45) is 4.84. The van der Waals surface area contributed by atoms with Crippen molar-refractivity contribution in [3.05, 3.63) is 0 Å². The zero-order valence-electron chi connectivity index (χ0n) is 13.6. The number of rotatable bonds is 10. The first-order valence-electron chi connectivity index (χ1n) is 8.26. The lowest BCUT2D eigenvalue weighted by Gasteiger charge is -2.33. The number of hydrogen-bond acceptors (Lipinski definition) is 5. The van der Waals surface area contributed by atoms with Gasteiger partial charge in [0.25, 0.3) is 0 Å². The Morgan fingerprint density at radius 3 is 2.14 bits per heavy atom. The molecule has 0 spiro atoms. The molecule has 0 radical (unpaired) electrons. The number of aliphatic hydroxyl groups is 1. The number of unbranched alkanes of at least 4 members (excludes halogenated alkanes) is 2. The van der Waals surface area contributed by atoms with E-state index in [1.54, 1.807) is 0 Å². The van der Waals surface area contributed by atoms with Crippen molar-refractivity contribution in [3.8, 4) is 0 Å². The van der Waals surface area contributed by atoms with Crippen LogP contribution in [-0.4, -0.2) is 30.5 Å². The van der Waals surface area contributed by atoms with E-state index >= 15 is 0 Å². The zero-order chi connectivity index (χ0) is 15.7. The Morgan fingerprint density at radius 2 is 1.67 bits per heavy atom. The molecule has 0 heterocycles. The van der Waals surface area contributed by atoms with Gasteiger partial charge in [-0.1, -0.05) is 33.6 Å². The van der Waals surface area contributed by atoms with E-state index in [2.05, 4.69) is 6.92 Å². The molecule has 1 rings (SSSR count). The monoisotopic (exact) mass is 322 g/mol. The summed E-state index contributed by atoms with van der Waals surface area (Å²) in [6.45, 7) is 6.91. The van der Waals surface area contributed by atoms with E-state index < -0.39 is 20.0 Å². The minimum absolute atomic E-state index is 0.360. The van der Waals surface area contributed by atoms with Crippen molar-refractivity contribution in [3.63, 3.8) is 0 Å². The van der Waals surface area contributed by atoms with Crippen molar-refractivity contribution in [2.45, 2.75) is 77.9 Å². The number of aliphatic hydroxyl groups excluding tert-OH is 1. The highest BCUT2D eigenvalue weighted by molar-refractivity contribution is 7.48. The SMILES string of the molecule is CCCCOP(=O)(OCCCC)OC1CCC(C)CC1O. The summed E-state index contributed by atoms with van der Waals surface area (Å²) in [7, 11) is -3.56. The molecule has 0 aromatic rings. The predicted molar refractivity (Wildman–Crippen MR) is 83.2 cm³/mol. The topological polar surface area (TPSA) is 65.0 Å². The quantitative estimate of drug-likeness (QED) is 0.480. The molecule has 3 atom stereocenters. The lowest BCUT2D eigenvalue weighted by molar-refractivity contribution is -0.0320. The molecule has 3 unspecified atom stereocenters. The summed E-state index contributed by atoms with van der Waals surface area (Å²) in [5, 5.41) is 10.1. The fraction of sp³-hybridized carbons (Fsp3) is 1.00. The Balaban J connectivity index is 2.55. The normalized spacial score (nSPS) is 27.0. The summed E-state index contributed by atoms with van der Waals surface area (Å²) < 4.78 is 29.1. The van der Waals surface area contributed by atoms with Crippen LogP contribution in [-0.2, 0) is 18.1 Å². The van der Waals surface area contributed by atoms with E-state index in [1.165, 1.54) is 0 Å². The molecular weight excluding hydrogens is 291 g/mol. The van der Waals surface area contributed by atoms with Crippen LogP contribution in [0.1, 0.15) is 65.7 Å². The first-order chi connectivity index (χ1) is 10.0. The van der Waals surface area contributed by atoms with Gasteiger partial charge in [-0.05, 0) is 38.0 Å². The molecule has 0 aromatic carbocycles. The lowest BCUT2D eigenvalue weighted by Crippen LogP contribution is -2.34. The van der Waals surface area contributed by atoms with Crippen molar-refractivity contribution in [2.24, 2.45) is 5.92 Å². The third-order valence-electron chi connectivity index (χ3n) is 3.78. The van der Waals surface area contributed by atoms with Crippen LogP contribution >= 0.6 is 7.82 Å². The van der Waals surface area contributed by atoms with Gasteiger partial charge in [-0.3, -0.25) is 13.6 Å². The minimum Gasteiger partial charge on any atom is -0.390 e. The maximum Gasteiger partial charge on any atom is 0.475 e. The van der Waals surface area contributed by atoms with Gasteiger partial charge < -0.3 is 5.11 Å². The van der Waals surface area contributed by atoms with Crippen molar-refractivity contribution in [1.82, 2.24) is 0 Å². The Labute approximate surface area is 129 Å². The Kier molecular flexibility index (Phi) is 9.07. The molecule has 1 fully saturated rings. The van der Waals surface area contributed by atoms with Gasteiger partial charge in [0.1, 0.15) is 0 Å². The van der Waals surface area contributed by atoms with Crippen molar-refractivity contribution in [1.29, 1.82) is 0 Å². The van der Waals surface area contributed by atoms with E-state index in [4.69, 9.17) is 13.6 Å². The second-order valence-electron chi connectivity index (χ2n) is 5.95. The lowest BCUT2D eigenvalue weighted by atomic mass is 9.87. The largest absolute Gasteiger partial charge is 0.475 e. The Hall–Kier alpha value is 0.0700. The molecule has 0 aliphatic heterocycles. The average molecular weight is 322 g/mol. The molecule has 0 bridgehead atoms. The van der Waals surface area contributed by atoms with Gasteiger partial charge in [0.05, 0.1) is 25.4 Å².